The van der Waals surface area contributed by atoms with Crippen molar-refractivity contribution in [3.63, 3.8) is 0 Å². The van der Waals surface area contributed by atoms with E-state index in [-0.39, 0.29) is 17.9 Å². The molecule has 4 nitrogen and oxygen atoms in total. The summed E-state index contributed by atoms with van der Waals surface area (Å²) in [6.07, 6.45) is -3.26. The van der Waals surface area contributed by atoms with Crippen LogP contribution in [0, 0.1) is 0 Å². The van der Waals surface area contributed by atoms with Gasteiger partial charge in [0.1, 0.15) is 12.4 Å². The number of nitrogens with zero attached hydrogens (tertiary/aromatic N) is 1. The van der Waals surface area contributed by atoms with E-state index < -0.39 is 17.6 Å². The van der Waals surface area contributed by atoms with Gasteiger partial charge in [-0.15, -0.1) is 0 Å². The van der Waals surface area contributed by atoms with Gasteiger partial charge in [0.15, 0.2) is 5.84 Å². The van der Waals surface area contributed by atoms with Crippen LogP contribution in [0.2, 0.25) is 0 Å². The Balaban J connectivity index is 3.25. The Hall–Kier alpha value is -2.18. The van der Waals surface area contributed by atoms with Gasteiger partial charge in [-0.05, 0) is 18.2 Å². The molecule has 0 saturated carbocycles. The van der Waals surface area contributed by atoms with E-state index in [2.05, 4.69) is 11.7 Å². The molecule has 98 valence electrons. The predicted molar refractivity (Wildman–Crippen MR) is 59.6 cm³/mol. The SMILES string of the molecule is C=CCOc1ccc(/C(N)=N/O)cc1C(F)(F)F. The molecule has 18 heavy (non-hydrogen) atoms. The third-order valence-electron chi connectivity index (χ3n) is 2.05. The minimum Gasteiger partial charge on any atom is -0.489 e. The first-order valence-electron chi connectivity index (χ1n) is 4.83. The molecule has 0 amide bonds. The molecule has 0 fully saturated rings. The predicted octanol–water partition coefficient (Wildman–Crippen LogP) is 2.36. The van der Waals surface area contributed by atoms with Crippen LogP contribution in [-0.4, -0.2) is 17.6 Å². The average Bonchev–Trinajstić information content (AvgIpc) is 2.34. The smallest absolute Gasteiger partial charge is 0.419 e. The zero-order valence-corrected chi connectivity index (χ0v) is 9.24. The monoisotopic (exact) mass is 260 g/mol. The summed E-state index contributed by atoms with van der Waals surface area (Å²) in [7, 11) is 0. The van der Waals surface area contributed by atoms with E-state index in [4.69, 9.17) is 15.7 Å². The third kappa shape index (κ3) is 3.16. The van der Waals surface area contributed by atoms with Crippen LogP contribution in [0.1, 0.15) is 11.1 Å². The molecule has 1 aromatic carbocycles. The Morgan fingerprint density at radius 3 is 2.67 bits per heavy atom. The van der Waals surface area contributed by atoms with Crippen molar-refractivity contribution in [1.29, 1.82) is 0 Å². The summed E-state index contributed by atoms with van der Waals surface area (Å²) in [5.41, 5.74) is 4.19. The van der Waals surface area contributed by atoms with E-state index in [0.717, 1.165) is 12.1 Å². The molecule has 1 rings (SSSR count). The molecule has 0 bridgehead atoms. The molecule has 0 heterocycles. The highest BCUT2D eigenvalue weighted by atomic mass is 19.4. The lowest BCUT2D eigenvalue weighted by molar-refractivity contribution is -0.138. The van der Waals surface area contributed by atoms with E-state index in [0.29, 0.717) is 0 Å². The minimum absolute atomic E-state index is 0.0456. The maximum atomic E-state index is 12.8. The lowest BCUT2D eigenvalue weighted by atomic mass is 10.1. The van der Waals surface area contributed by atoms with E-state index >= 15 is 0 Å². The summed E-state index contributed by atoms with van der Waals surface area (Å²) in [4.78, 5) is 0. The number of oxime groups is 1. The first-order valence-corrected chi connectivity index (χ1v) is 4.83. The van der Waals surface area contributed by atoms with E-state index in [1.807, 2.05) is 0 Å². The van der Waals surface area contributed by atoms with Gasteiger partial charge in [-0.1, -0.05) is 17.8 Å². The van der Waals surface area contributed by atoms with Crippen molar-refractivity contribution in [2.24, 2.45) is 10.9 Å². The number of hydrogen-bond acceptors (Lipinski definition) is 3. The summed E-state index contributed by atoms with van der Waals surface area (Å²) >= 11 is 0. The first kappa shape index (κ1) is 13.9. The molecule has 0 aliphatic rings. The van der Waals surface area contributed by atoms with Crippen molar-refractivity contribution in [3.8, 4) is 5.75 Å². The van der Waals surface area contributed by atoms with Gasteiger partial charge in [-0.3, -0.25) is 0 Å². The zero-order chi connectivity index (χ0) is 13.8. The van der Waals surface area contributed by atoms with Gasteiger partial charge in [0.05, 0.1) is 5.56 Å². The van der Waals surface area contributed by atoms with Crippen LogP contribution in [0.4, 0.5) is 13.2 Å². The number of alkyl halides is 3. The molecule has 7 heteroatoms. The summed E-state index contributed by atoms with van der Waals surface area (Å²) in [6, 6.07) is 3.13. The maximum absolute atomic E-state index is 12.8. The van der Waals surface area contributed by atoms with Gasteiger partial charge < -0.3 is 15.7 Å². The zero-order valence-electron chi connectivity index (χ0n) is 9.24. The van der Waals surface area contributed by atoms with E-state index in [1.165, 1.54) is 12.1 Å². The number of hydrogen-bond donors (Lipinski definition) is 2. The summed E-state index contributed by atoms with van der Waals surface area (Å²) in [5.74, 6) is -0.743. The number of ether oxygens (including phenoxy) is 1. The second-order valence-corrected chi connectivity index (χ2v) is 3.29. The number of amidine groups is 1. The van der Waals surface area contributed by atoms with Crippen LogP contribution >= 0.6 is 0 Å². The van der Waals surface area contributed by atoms with Crippen molar-refractivity contribution in [2.75, 3.05) is 6.61 Å². The average molecular weight is 260 g/mol. The van der Waals surface area contributed by atoms with Crippen molar-refractivity contribution < 1.29 is 23.1 Å². The molecule has 3 N–H and O–H groups in total. The fraction of sp³-hybridized carbons (Fsp3) is 0.182. The van der Waals surface area contributed by atoms with Crippen LogP contribution in [0.25, 0.3) is 0 Å². The van der Waals surface area contributed by atoms with Crippen molar-refractivity contribution >= 4 is 5.84 Å². The molecule has 0 unspecified atom stereocenters. The highest BCUT2D eigenvalue weighted by molar-refractivity contribution is 5.97. The standard InChI is InChI=1S/C11H11F3N2O2/c1-2-5-18-9-4-3-7(10(15)16-17)6-8(9)11(12,13)14/h2-4,6,17H,1,5H2,(H2,15,16). The van der Waals surface area contributed by atoms with Crippen molar-refractivity contribution in [2.45, 2.75) is 6.18 Å². The molecule has 0 radical (unpaired) electrons. The van der Waals surface area contributed by atoms with E-state index in [1.54, 1.807) is 0 Å². The normalized spacial score (nSPS) is 12.3. The van der Waals surface area contributed by atoms with Crippen LogP contribution in [0.15, 0.2) is 36.0 Å². The maximum Gasteiger partial charge on any atom is 0.419 e. The van der Waals surface area contributed by atoms with Gasteiger partial charge >= 0.3 is 6.18 Å². The number of halogens is 3. The van der Waals surface area contributed by atoms with Gasteiger partial charge in [0.25, 0.3) is 0 Å². The molecule has 0 aromatic heterocycles. The third-order valence-corrected chi connectivity index (χ3v) is 2.05. The van der Waals surface area contributed by atoms with Gasteiger partial charge in [0.2, 0.25) is 0 Å². The topological polar surface area (TPSA) is 67.8 Å². The second-order valence-electron chi connectivity index (χ2n) is 3.29. The van der Waals surface area contributed by atoms with Gasteiger partial charge in [-0.25, -0.2) is 0 Å². The van der Waals surface area contributed by atoms with Crippen molar-refractivity contribution in [3.05, 3.63) is 42.0 Å². The second kappa shape index (κ2) is 5.44. The molecule has 0 aliphatic heterocycles. The molecule has 0 spiro atoms. The number of nitrogens with two attached hydrogens (primary N) is 1. The van der Waals surface area contributed by atoms with Crippen LogP contribution < -0.4 is 10.5 Å². The molecule has 1 aromatic rings. The first-order chi connectivity index (χ1) is 8.40. The van der Waals surface area contributed by atoms with Gasteiger partial charge in [-0.2, -0.15) is 13.2 Å². The van der Waals surface area contributed by atoms with Crippen LogP contribution in [0.3, 0.4) is 0 Å². The Labute approximate surface area is 101 Å². The summed E-state index contributed by atoms with van der Waals surface area (Å²) < 4.78 is 43.2. The molecule has 0 atom stereocenters. The largest absolute Gasteiger partial charge is 0.489 e. The molecule has 0 aliphatic carbocycles. The summed E-state index contributed by atoms with van der Waals surface area (Å²) in [5, 5.41) is 11.1. The van der Waals surface area contributed by atoms with Gasteiger partial charge in [0, 0.05) is 5.56 Å². The Morgan fingerprint density at radius 1 is 1.50 bits per heavy atom. The highest BCUT2D eigenvalue weighted by Gasteiger charge is 2.34. The van der Waals surface area contributed by atoms with Crippen molar-refractivity contribution in [1.82, 2.24) is 0 Å². The number of benzene rings is 1. The molecular weight excluding hydrogens is 249 g/mol. The Kier molecular flexibility index (Phi) is 4.19. The van der Waals surface area contributed by atoms with Crippen LogP contribution in [-0.2, 0) is 6.18 Å². The fourth-order valence-corrected chi connectivity index (χ4v) is 1.24. The van der Waals surface area contributed by atoms with Crippen LogP contribution in [0.5, 0.6) is 5.75 Å². The lowest BCUT2D eigenvalue weighted by Crippen LogP contribution is -2.16. The fourth-order valence-electron chi connectivity index (χ4n) is 1.24. The minimum atomic E-state index is -4.59. The highest BCUT2D eigenvalue weighted by Crippen LogP contribution is 2.36. The molecule has 0 saturated heterocycles. The Morgan fingerprint density at radius 2 is 2.17 bits per heavy atom. The molecular formula is C11H11F3N2O2. The Bertz CT molecular complexity index is 470. The van der Waals surface area contributed by atoms with E-state index in [9.17, 15) is 13.2 Å². The summed E-state index contributed by atoms with van der Waals surface area (Å²) in [6.45, 7) is 3.30. The quantitative estimate of drug-likeness (QED) is 0.287. The lowest BCUT2D eigenvalue weighted by Gasteiger charge is -2.14. The number of rotatable bonds is 4.